The molecule has 0 N–H and O–H groups in total. The zero-order valence-electron chi connectivity index (χ0n) is 11.4. The van der Waals surface area contributed by atoms with E-state index in [0.717, 1.165) is 19.5 Å². The highest BCUT2D eigenvalue weighted by molar-refractivity contribution is 7.89. The topological polar surface area (TPSA) is 49.9 Å². The number of hydrogen-bond donors (Lipinski definition) is 0. The Kier molecular flexibility index (Phi) is 4.44. The third-order valence-electron chi connectivity index (χ3n) is 3.36. The minimum atomic E-state index is -3.41. The molecule has 1 aliphatic heterocycles. The molecule has 2 rings (SSSR count). The molecular weight excluding hydrogens is 264 g/mol. The number of methoxy groups -OCH3 is 1. The molecule has 0 aromatic heterocycles. The van der Waals surface area contributed by atoms with Gasteiger partial charge in [0.15, 0.2) is 0 Å². The van der Waals surface area contributed by atoms with Crippen molar-refractivity contribution in [3.8, 4) is 5.75 Å². The average Bonchev–Trinajstić information content (AvgIpc) is 2.64. The van der Waals surface area contributed by atoms with Gasteiger partial charge in [0.25, 0.3) is 0 Å². The van der Waals surface area contributed by atoms with Crippen LogP contribution in [0.15, 0.2) is 29.2 Å². The Morgan fingerprint density at radius 3 is 2.68 bits per heavy atom. The van der Waals surface area contributed by atoms with E-state index in [2.05, 4.69) is 4.90 Å². The van der Waals surface area contributed by atoms with Gasteiger partial charge in [0, 0.05) is 25.7 Å². The van der Waals surface area contributed by atoms with Crippen molar-refractivity contribution in [3.05, 3.63) is 24.3 Å². The number of rotatable bonds is 3. The van der Waals surface area contributed by atoms with Gasteiger partial charge in [-0.05, 0) is 32.1 Å². The quantitative estimate of drug-likeness (QED) is 0.831. The Morgan fingerprint density at radius 2 is 1.95 bits per heavy atom. The molecule has 0 aliphatic carbocycles. The molecule has 0 atom stereocenters. The van der Waals surface area contributed by atoms with Crippen LogP contribution in [0.3, 0.4) is 0 Å². The van der Waals surface area contributed by atoms with Crippen LogP contribution in [0.2, 0.25) is 0 Å². The third-order valence-corrected chi connectivity index (χ3v) is 5.25. The number of benzene rings is 1. The summed E-state index contributed by atoms with van der Waals surface area (Å²) >= 11 is 0. The minimum absolute atomic E-state index is 0.302. The number of nitrogens with zero attached hydrogens (tertiary/aromatic N) is 2. The monoisotopic (exact) mass is 284 g/mol. The second-order valence-electron chi connectivity index (χ2n) is 4.74. The smallest absolute Gasteiger partial charge is 0.243 e. The number of likely N-dealkylation sites (N-methyl/N-ethyl adjacent to an activating group) is 1. The highest BCUT2D eigenvalue weighted by atomic mass is 32.2. The van der Waals surface area contributed by atoms with Crippen molar-refractivity contribution in [2.45, 2.75) is 11.3 Å². The summed E-state index contributed by atoms with van der Waals surface area (Å²) in [5.41, 5.74) is 0. The number of hydrogen-bond acceptors (Lipinski definition) is 4. The summed E-state index contributed by atoms with van der Waals surface area (Å²) in [6, 6.07) is 6.64. The fraction of sp³-hybridized carbons (Fsp3) is 0.538. The van der Waals surface area contributed by atoms with Gasteiger partial charge >= 0.3 is 0 Å². The Labute approximate surface area is 114 Å². The molecule has 6 heteroatoms. The lowest BCUT2D eigenvalue weighted by atomic mass is 10.3. The summed E-state index contributed by atoms with van der Waals surface area (Å²) < 4.78 is 31.8. The van der Waals surface area contributed by atoms with E-state index in [0.29, 0.717) is 23.7 Å². The predicted octanol–water partition coefficient (Wildman–Crippen LogP) is 1.02. The van der Waals surface area contributed by atoms with Crippen molar-refractivity contribution in [1.29, 1.82) is 0 Å². The maximum Gasteiger partial charge on any atom is 0.243 e. The molecule has 0 radical (unpaired) electrons. The maximum atomic E-state index is 12.6. The van der Waals surface area contributed by atoms with E-state index in [4.69, 9.17) is 4.74 Å². The van der Waals surface area contributed by atoms with Crippen LogP contribution in [-0.2, 0) is 10.0 Å². The molecule has 1 aromatic rings. The standard InChI is InChI=1S/C13H20N2O3S/c1-14-7-4-8-15(10-9-14)19(16,17)13-6-3-5-12(11-13)18-2/h3,5-6,11H,4,7-10H2,1-2H3. The summed E-state index contributed by atoms with van der Waals surface area (Å²) in [4.78, 5) is 2.46. The van der Waals surface area contributed by atoms with Gasteiger partial charge in [-0.1, -0.05) is 6.07 Å². The Hall–Kier alpha value is -1.11. The summed E-state index contributed by atoms with van der Waals surface area (Å²) in [5.74, 6) is 0.563. The third kappa shape index (κ3) is 3.26. The first-order chi connectivity index (χ1) is 9.04. The molecule has 0 spiro atoms. The van der Waals surface area contributed by atoms with Gasteiger partial charge in [0.05, 0.1) is 12.0 Å². The van der Waals surface area contributed by atoms with Crippen LogP contribution in [0, 0.1) is 0 Å². The first kappa shape index (κ1) is 14.3. The van der Waals surface area contributed by atoms with Crippen LogP contribution < -0.4 is 4.74 Å². The molecule has 0 unspecified atom stereocenters. The van der Waals surface area contributed by atoms with E-state index in [1.165, 1.54) is 7.11 Å². The first-order valence-corrected chi connectivity index (χ1v) is 7.81. The molecule has 1 heterocycles. The van der Waals surface area contributed by atoms with Gasteiger partial charge < -0.3 is 9.64 Å². The van der Waals surface area contributed by atoms with Gasteiger partial charge in [-0.2, -0.15) is 4.31 Å². The zero-order valence-corrected chi connectivity index (χ0v) is 12.2. The van der Waals surface area contributed by atoms with Crippen LogP contribution in [0.4, 0.5) is 0 Å². The Bertz CT molecular complexity index is 530. The van der Waals surface area contributed by atoms with Gasteiger partial charge in [-0.3, -0.25) is 0 Å². The van der Waals surface area contributed by atoms with E-state index < -0.39 is 10.0 Å². The highest BCUT2D eigenvalue weighted by Gasteiger charge is 2.26. The Morgan fingerprint density at radius 1 is 1.16 bits per heavy atom. The van der Waals surface area contributed by atoms with Crippen molar-refractivity contribution in [1.82, 2.24) is 9.21 Å². The molecule has 1 aliphatic rings. The number of sulfonamides is 1. The van der Waals surface area contributed by atoms with Crippen LogP contribution >= 0.6 is 0 Å². The Balaban J connectivity index is 2.25. The second-order valence-corrected chi connectivity index (χ2v) is 6.68. The van der Waals surface area contributed by atoms with Crippen LogP contribution in [0.5, 0.6) is 5.75 Å². The molecule has 106 valence electrons. The molecule has 19 heavy (non-hydrogen) atoms. The molecule has 1 fully saturated rings. The normalized spacial score (nSPS) is 19.1. The lowest BCUT2D eigenvalue weighted by Gasteiger charge is -2.20. The fourth-order valence-corrected chi connectivity index (χ4v) is 3.68. The molecule has 5 nitrogen and oxygen atoms in total. The van der Waals surface area contributed by atoms with Crippen LogP contribution in [0.25, 0.3) is 0 Å². The molecular formula is C13H20N2O3S. The van der Waals surface area contributed by atoms with Crippen molar-refractivity contribution >= 4 is 10.0 Å². The minimum Gasteiger partial charge on any atom is -0.497 e. The largest absolute Gasteiger partial charge is 0.497 e. The number of ether oxygens (including phenoxy) is 1. The SMILES string of the molecule is COc1cccc(S(=O)(=O)N2CCCN(C)CC2)c1. The molecule has 0 saturated carbocycles. The van der Waals surface area contributed by atoms with Crippen LogP contribution in [0.1, 0.15) is 6.42 Å². The summed E-state index contributed by atoms with van der Waals surface area (Å²) in [6.07, 6.45) is 0.861. The lowest BCUT2D eigenvalue weighted by Crippen LogP contribution is -2.34. The highest BCUT2D eigenvalue weighted by Crippen LogP contribution is 2.21. The fourth-order valence-electron chi connectivity index (χ4n) is 2.17. The van der Waals surface area contributed by atoms with E-state index in [1.54, 1.807) is 28.6 Å². The predicted molar refractivity (Wildman–Crippen MR) is 73.9 cm³/mol. The lowest BCUT2D eigenvalue weighted by molar-refractivity contribution is 0.347. The average molecular weight is 284 g/mol. The van der Waals surface area contributed by atoms with Gasteiger partial charge in [0.2, 0.25) is 10.0 Å². The summed E-state index contributed by atoms with van der Waals surface area (Å²) in [6.45, 7) is 2.81. The van der Waals surface area contributed by atoms with Crippen molar-refractivity contribution in [2.75, 3.05) is 40.3 Å². The van der Waals surface area contributed by atoms with Gasteiger partial charge in [-0.15, -0.1) is 0 Å². The van der Waals surface area contributed by atoms with Crippen molar-refractivity contribution < 1.29 is 13.2 Å². The van der Waals surface area contributed by atoms with E-state index in [1.807, 2.05) is 7.05 Å². The molecule has 1 aromatic carbocycles. The van der Waals surface area contributed by atoms with Crippen LogP contribution in [-0.4, -0.2) is 58.0 Å². The molecule has 0 bridgehead atoms. The van der Waals surface area contributed by atoms with E-state index >= 15 is 0 Å². The van der Waals surface area contributed by atoms with Gasteiger partial charge in [0.1, 0.15) is 5.75 Å². The first-order valence-electron chi connectivity index (χ1n) is 6.37. The molecule has 0 amide bonds. The van der Waals surface area contributed by atoms with Gasteiger partial charge in [-0.25, -0.2) is 8.42 Å². The summed E-state index contributed by atoms with van der Waals surface area (Å²) in [5, 5.41) is 0. The second kappa shape index (κ2) is 5.90. The zero-order chi connectivity index (χ0) is 13.9. The molecule has 1 saturated heterocycles. The van der Waals surface area contributed by atoms with Crippen molar-refractivity contribution in [2.24, 2.45) is 0 Å². The van der Waals surface area contributed by atoms with E-state index in [-0.39, 0.29) is 0 Å². The summed E-state index contributed by atoms with van der Waals surface area (Å²) in [7, 11) is 0.135. The maximum absolute atomic E-state index is 12.6. The van der Waals surface area contributed by atoms with E-state index in [9.17, 15) is 8.42 Å². The van der Waals surface area contributed by atoms with Crippen molar-refractivity contribution in [3.63, 3.8) is 0 Å².